The molecule has 0 radical (unpaired) electrons. The van der Waals surface area contributed by atoms with Crippen LogP contribution in [0.5, 0.6) is 0 Å². The summed E-state index contributed by atoms with van der Waals surface area (Å²) in [5.41, 5.74) is 6.82. The molecule has 0 aromatic carbocycles. The lowest BCUT2D eigenvalue weighted by Gasteiger charge is -2.10. The normalized spacial score (nSPS) is 13.2. The third-order valence-electron chi connectivity index (χ3n) is 5.31. The Morgan fingerprint density at radius 2 is 1.97 bits per heavy atom. The van der Waals surface area contributed by atoms with Crippen molar-refractivity contribution in [2.75, 3.05) is 11.1 Å². The van der Waals surface area contributed by atoms with E-state index >= 15 is 0 Å². The highest BCUT2D eigenvalue weighted by Gasteiger charge is 2.26. The van der Waals surface area contributed by atoms with E-state index in [0.717, 1.165) is 54.3 Å². The number of H-pyrrole nitrogens is 1. The van der Waals surface area contributed by atoms with Crippen molar-refractivity contribution in [3.63, 3.8) is 0 Å². The third kappa shape index (κ3) is 4.89. The fourth-order valence-corrected chi connectivity index (χ4v) is 6.91. The van der Waals surface area contributed by atoms with Crippen LogP contribution in [0.4, 0.5) is 5.00 Å². The Labute approximate surface area is 207 Å². The van der Waals surface area contributed by atoms with Crippen LogP contribution in [0.3, 0.4) is 0 Å². The van der Waals surface area contributed by atoms with Crippen molar-refractivity contribution >= 4 is 67.4 Å². The number of thioether (sulfide) groups is 1. The molecule has 0 bridgehead atoms. The van der Waals surface area contributed by atoms with Crippen LogP contribution in [0.2, 0.25) is 0 Å². The van der Waals surface area contributed by atoms with Crippen molar-refractivity contribution in [1.82, 2.24) is 9.97 Å². The summed E-state index contributed by atoms with van der Waals surface area (Å²) in [6.45, 7) is 5.00. The van der Waals surface area contributed by atoms with Gasteiger partial charge in [-0.3, -0.25) is 14.4 Å². The van der Waals surface area contributed by atoms with Crippen LogP contribution in [0.25, 0.3) is 10.2 Å². The smallest absolute Gasteiger partial charge is 0.341 e. The number of hydrogen-bond donors (Lipinski definition) is 3. The summed E-state index contributed by atoms with van der Waals surface area (Å²) in [6.07, 6.45) is 3.68. The highest BCUT2D eigenvalue weighted by molar-refractivity contribution is 7.99. The number of carbonyl (C=O) groups excluding carboxylic acids is 3. The summed E-state index contributed by atoms with van der Waals surface area (Å²) in [5.74, 6) is -1.81. The summed E-state index contributed by atoms with van der Waals surface area (Å²) in [4.78, 5) is 59.1. The summed E-state index contributed by atoms with van der Waals surface area (Å²) < 4.78 is 5.26. The van der Waals surface area contributed by atoms with E-state index in [9.17, 15) is 19.2 Å². The molecule has 0 saturated carbocycles. The summed E-state index contributed by atoms with van der Waals surface area (Å²) >= 11 is 3.56. The number of nitrogens with one attached hydrogen (secondary N) is 2. The molecule has 0 saturated heterocycles. The highest BCUT2D eigenvalue weighted by atomic mass is 32.2. The molecule has 9 nitrogen and oxygen atoms in total. The summed E-state index contributed by atoms with van der Waals surface area (Å²) in [6, 6.07) is 0. The predicted molar refractivity (Wildman–Crippen MR) is 134 cm³/mol. The number of anilines is 1. The fraction of sp³-hybridized carbons (Fsp3) is 0.409. The number of primary amides is 1. The van der Waals surface area contributed by atoms with Gasteiger partial charge in [-0.05, 0) is 57.6 Å². The monoisotopic (exact) mass is 520 g/mol. The van der Waals surface area contributed by atoms with Gasteiger partial charge in [0.1, 0.15) is 9.83 Å². The molecule has 1 aliphatic carbocycles. The number of esters is 1. The van der Waals surface area contributed by atoms with Gasteiger partial charge in [-0.25, -0.2) is 9.78 Å². The second-order valence-corrected chi connectivity index (χ2v) is 11.2. The molecule has 3 heterocycles. The Hall–Kier alpha value is -2.70. The molecule has 34 heavy (non-hydrogen) atoms. The number of hydrogen-bond acceptors (Lipinski definition) is 9. The Morgan fingerprint density at radius 1 is 1.24 bits per heavy atom. The van der Waals surface area contributed by atoms with E-state index in [2.05, 4.69) is 15.3 Å². The molecule has 0 atom stereocenters. The van der Waals surface area contributed by atoms with Crippen LogP contribution in [-0.4, -0.2) is 39.6 Å². The molecule has 0 fully saturated rings. The number of fused-ring (bicyclic) bond motifs is 3. The number of carbonyl (C=O) groups is 3. The lowest BCUT2D eigenvalue weighted by atomic mass is 9.97. The number of ether oxygens (including phenoxy) is 1. The maximum Gasteiger partial charge on any atom is 0.341 e. The topological polar surface area (TPSA) is 144 Å². The molecule has 4 rings (SSSR count). The van der Waals surface area contributed by atoms with Gasteiger partial charge in [0, 0.05) is 4.88 Å². The summed E-state index contributed by atoms with van der Waals surface area (Å²) in [7, 11) is 0. The fourth-order valence-electron chi connectivity index (χ4n) is 3.86. The highest BCUT2D eigenvalue weighted by Crippen LogP contribution is 2.35. The van der Waals surface area contributed by atoms with E-state index in [1.54, 1.807) is 32.1 Å². The van der Waals surface area contributed by atoms with Crippen LogP contribution in [-0.2, 0) is 22.4 Å². The lowest BCUT2D eigenvalue weighted by Crippen LogP contribution is -2.18. The Bertz CT molecular complexity index is 1350. The molecule has 0 aliphatic heterocycles. The molecule has 0 unspecified atom stereocenters. The number of aryl methyl sites for hydroxylation is 2. The quantitative estimate of drug-likeness (QED) is 0.245. The van der Waals surface area contributed by atoms with Gasteiger partial charge in [0.05, 0.1) is 27.7 Å². The number of thiophene rings is 2. The van der Waals surface area contributed by atoms with Crippen LogP contribution in [0, 0.1) is 6.92 Å². The van der Waals surface area contributed by atoms with Gasteiger partial charge < -0.3 is 20.8 Å². The molecular formula is C22H24N4O5S3. The first-order chi connectivity index (χ1) is 16.2. The first-order valence-electron chi connectivity index (χ1n) is 10.8. The van der Waals surface area contributed by atoms with Crippen molar-refractivity contribution in [3.8, 4) is 0 Å². The van der Waals surface area contributed by atoms with Gasteiger partial charge in [-0.15, -0.1) is 22.7 Å². The third-order valence-corrected chi connectivity index (χ3v) is 8.59. The minimum absolute atomic E-state index is 0.0545. The minimum Gasteiger partial charge on any atom is -0.459 e. The summed E-state index contributed by atoms with van der Waals surface area (Å²) in [5, 5.41) is 3.89. The van der Waals surface area contributed by atoms with Crippen molar-refractivity contribution in [2.45, 2.75) is 57.7 Å². The van der Waals surface area contributed by atoms with Gasteiger partial charge in [-0.2, -0.15) is 0 Å². The largest absolute Gasteiger partial charge is 0.459 e. The molecule has 1 aliphatic rings. The Kier molecular flexibility index (Phi) is 7.10. The Balaban J connectivity index is 1.52. The van der Waals surface area contributed by atoms with E-state index in [-0.39, 0.29) is 32.9 Å². The van der Waals surface area contributed by atoms with Gasteiger partial charge in [-0.1, -0.05) is 11.8 Å². The molecule has 12 heteroatoms. The molecule has 3 aromatic heterocycles. The number of nitrogens with zero attached hydrogens (tertiary/aromatic N) is 1. The zero-order valence-corrected chi connectivity index (χ0v) is 21.4. The van der Waals surface area contributed by atoms with E-state index in [1.807, 2.05) is 0 Å². The number of aromatic amines is 1. The van der Waals surface area contributed by atoms with Gasteiger partial charge in [0.2, 0.25) is 5.91 Å². The van der Waals surface area contributed by atoms with Gasteiger partial charge >= 0.3 is 5.97 Å². The average Bonchev–Trinajstić information content (AvgIpc) is 3.29. The van der Waals surface area contributed by atoms with Gasteiger partial charge in [0.15, 0.2) is 5.16 Å². The molecule has 180 valence electrons. The second kappa shape index (κ2) is 9.88. The Morgan fingerprint density at radius 3 is 2.68 bits per heavy atom. The lowest BCUT2D eigenvalue weighted by molar-refractivity contribution is -0.113. The average molecular weight is 521 g/mol. The van der Waals surface area contributed by atoms with Crippen molar-refractivity contribution in [3.05, 3.63) is 36.8 Å². The van der Waals surface area contributed by atoms with E-state index in [0.29, 0.717) is 20.9 Å². The van der Waals surface area contributed by atoms with Crippen molar-refractivity contribution in [2.24, 2.45) is 5.73 Å². The van der Waals surface area contributed by atoms with Crippen molar-refractivity contribution in [1.29, 1.82) is 0 Å². The number of nitrogens with two attached hydrogens (primary N) is 1. The second-order valence-electron chi connectivity index (χ2n) is 8.18. The zero-order chi connectivity index (χ0) is 24.6. The maximum absolute atomic E-state index is 12.7. The minimum atomic E-state index is -0.690. The number of amides is 2. The van der Waals surface area contributed by atoms with E-state index in [4.69, 9.17) is 10.5 Å². The standard InChI is InChI=1S/C22H24N4O5S3/c1-9(2)31-21(30)14-10(3)16(17(23)28)34-19(14)24-13(27)8-32-22-25-18(29)15-11-6-4-5-7-12(11)33-20(15)26-22/h9H,4-8H2,1-3H3,(H2,23,28)(H,24,27)(H,25,26,29). The molecule has 4 N–H and O–H groups in total. The number of aromatic nitrogens is 2. The van der Waals surface area contributed by atoms with Crippen LogP contribution >= 0.6 is 34.4 Å². The van der Waals surface area contributed by atoms with Gasteiger partial charge in [0.25, 0.3) is 11.5 Å². The van der Waals surface area contributed by atoms with E-state index in [1.165, 1.54) is 4.88 Å². The van der Waals surface area contributed by atoms with Crippen LogP contribution < -0.4 is 16.6 Å². The predicted octanol–water partition coefficient (Wildman–Crippen LogP) is 3.63. The van der Waals surface area contributed by atoms with E-state index < -0.39 is 17.8 Å². The molecular weight excluding hydrogens is 496 g/mol. The SMILES string of the molecule is Cc1c(C(N)=O)sc(NC(=O)CSc2nc3sc4c(c3c(=O)[nH]2)CCCC4)c1C(=O)OC(C)C. The number of rotatable bonds is 7. The molecule has 3 aromatic rings. The van der Waals surface area contributed by atoms with Crippen molar-refractivity contribution < 1.29 is 19.1 Å². The van der Waals surface area contributed by atoms with Crippen LogP contribution in [0.1, 0.15) is 62.7 Å². The van der Waals surface area contributed by atoms with Crippen LogP contribution in [0.15, 0.2) is 9.95 Å². The molecule has 2 amide bonds. The first-order valence-corrected chi connectivity index (χ1v) is 13.4. The zero-order valence-electron chi connectivity index (χ0n) is 18.9. The first kappa shape index (κ1) is 24.4. The maximum atomic E-state index is 12.7. The molecule has 0 spiro atoms.